The largest absolute Gasteiger partial charge is 0.352 e. The molecule has 30 heavy (non-hydrogen) atoms. The van der Waals surface area contributed by atoms with Crippen molar-refractivity contribution < 1.29 is 4.79 Å². The van der Waals surface area contributed by atoms with Crippen molar-refractivity contribution in [1.29, 1.82) is 0 Å². The lowest BCUT2D eigenvalue weighted by molar-refractivity contribution is -0.121. The molecule has 0 aliphatic carbocycles. The van der Waals surface area contributed by atoms with Crippen molar-refractivity contribution in [2.24, 2.45) is 0 Å². The number of nitrogens with zero attached hydrogens (tertiary/aromatic N) is 6. The number of pyridine rings is 1. The number of fused-ring (bicyclic) bond motifs is 1. The molecule has 0 bridgehead atoms. The van der Waals surface area contributed by atoms with E-state index >= 15 is 0 Å². The summed E-state index contributed by atoms with van der Waals surface area (Å²) in [7, 11) is 0. The quantitative estimate of drug-likeness (QED) is 0.717. The normalized spacial score (nSPS) is 21.5. The minimum absolute atomic E-state index is 0.206. The van der Waals surface area contributed by atoms with Crippen LogP contribution in [0.3, 0.4) is 0 Å². The van der Waals surface area contributed by atoms with Crippen molar-refractivity contribution in [3.63, 3.8) is 0 Å². The molecule has 0 spiro atoms. The van der Waals surface area contributed by atoms with Crippen LogP contribution in [0.1, 0.15) is 50.3 Å². The van der Waals surface area contributed by atoms with E-state index < -0.39 is 0 Å². The highest BCUT2D eigenvalue weighted by molar-refractivity contribution is 5.76. The number of nitrogens with one attached hydrogen (secondary N) is 1. The number of carbonyl (C=O) groups is 1. The van der Waals surface area contributed by atoms with Gasteiger partial charge in [0, 0.05) is 42.9 Å². The van der Waals surface area contributed by atoms with E-state index in [9.17, 15) is 4.79 Å². The lowest BCUT2D eigenvalue weighted by atomic mass is 9.95. The maximum atomic E-state index is 11.8. The predicted molar refractivity (Wildman–Crippen MR) is 113 cm³/mol. The summed E-state index contributed by atoms with van der Waals surface area (Å²) >= 11 is 0. The second-order valence-electron chi connectivity index (χ2n) is 8.37. The Balaban J connectivity index is 1.27. The van der Waals surface area contributed by atoms with Crippen molar-refractivity contribution in [2.45, 2.75) is 50.5 Å². The fraction of sp³-hybridized carbons (Fsp3) is 0.500. The predicted octanol–water partition coefficient (Wildman–Crippen LogP) is 2.42. The number of rotatable bonds is 4. The van der Waals surface area contributed by atoms with Gasteiger partial charge in [-0.25, -0.2) is 0 Å². The first kappa shape index (κ1) is 19.1. The zero-order chi connectivity index (χ0) is 20.3. The Labute approximate surface area is 175 Å². The van der Waals surface area contributed by atoms with Gasteiger partial charge in [0.05, 0.1) is 5.69 Å². The van der Waals surface area contributed by atoms with Crippen LogP contribution in [0.5, 0.6) is 0 Å². The molecule has 0 aromatic carbocycles. The monoisotopic (exact) mass is 405 g/mol. The van der Waals surface area contributed by atoms with Gasteiger partial charge in [-0.1, -0.05) is 6.42 Å². The standard InChI is InChI=1S/C22H27N7O/c30-21-6-2-1-5-18(24-21)15-28-12-9-16(10-13-28)22-26-25-20-8-7-19(27-29(20)22)17-4-3-11-23-14-17/h3-4,7-8,11,14,16,18H,1-2,5-6,9-10,12-13,15H2,(H,24,30). The number of aromatic nitrogens is 5. The van der Waals surface area contributed by atoms with E-state index in [1.165, 1.54) is 0 Å². The molecule has 1 unspecified atom stereocenters. The topological polar surface area (TPSA) is 88.3 Å². The Morgan fingerprint density at radius 3 is 2.80 bits per heavy atom. The summed E-state index contributed by atoms with van der Waals surface area (Å²) < 4.78 is 1.90. The molecule has 5 heterocycles. The third-order valence-electron chi connectivity index (χ3n) is 6.25. The van der Waals surface area contributed by atoms with E-state index in [1.54, 1.807) is 6.20 Å². The third-order valence-corrected chi connectivity index (χ3v) is 6.25. The van der Waals surface area contributed by atoms with E-state index in [0.29, 0.717) is 12.3 Å². The number of hydrogen-bond donors (Lipinski definition) is 1. The van der Waals surface area contributed by atoms with Crippen LogP contribution in [0.15, 0.2) is 36.7 Å². The molecule has 2 saturated heterocycles. The molecular weight excluding hydrogens is 378 g/mol. The molecule has 2 aliphatic rings. The maximum Gasteiger partial charge on any atom is 0.220 e. The Hall–Kier alpha value is -2.87. The Bertz CT molecular complexity index is 1010. The molecule has 1 atom stereocenters. The molecule has 3 aromatic rings. The van der Waals surface area contributed by atoms with Crippen LogP contribution in [0, 0.1) is 0 Å². The van der Waals surface area contributed by atoms with Crippen LogP contribution in [-0.2, 0) is 4.79 Å². The SMILES string of the molecule is O=C1CCCCC(CN2CCC(c3nnc4ccc(-c5cccnc5)nn34)CC2)N1. The van der Waals surface area contributed by atoms with E-state index in [-0.39, 0.29) is 11.9 Å². The highest BCUT2D eigenvalue weighted by atomic mass is 16.1. The van der Waals surface area contributed by atoms with E-state index in [0.717, 1.165) is 74.5 Å². The summed E-state index contributed by atoms with van der Waals surface area (Å²) in [6.45, 7) is 2.96. The molecule has 8 nitrogen and oxygen atoms in total. The van der Waals surface area contributed by atoms with Crippen LogP contribution < -0.4 is 5.32 Å². The fourth-order valence-electron chi connectivity index (χ4n) is 4.60. The third kappa shape index (κ3) is 4.05. The van der Waals surface area contributed by atoms with Gasteiger partial charge in [-0.2, -0.15) is 9.61 Å². The summed E-state index contributed by atoms with van der Waals surface area (Å²) in [5, 5.41) is 16.8. The van der Waals surface area contributed by atoms with Gasteiger partial charge in [0.2, 0.25) is 5.91 Å². The second-order valence-corrected chi connectivity index (χ2v) is 8.37. The second kappa shape index (κ2) is 8.47. The molecule has 156 valence electrons. The van der Waals surface area contributed by atoms with Crippen molar-refractivity contribution >= 4 is 11.6 Å². The van der Waals surface area contributed by atoms with Crippen LogP contribution in [-0.4, -0.2) is 61.3 Å². The fourth-order valence-corrected chi connectivity index (χ4v) is 4.60. The molecule has 2 fully saturated rings. The van der Waals surface area contributed by atoms with E-state index in [2.05, 4.69) is 25.4 Å². The first-order chi connectivity index (χ1) is 14.8. The van der Waals surface area contributed by atoms with E-state index in [4.69, 9.17) is 5.10 Å². The summed E-state index contributed by atoms with van der Waals surface area (Å²) in [6.07, 6.45) is 9.55. The van der Waals surface area contributed by atoms with Crippen LogP contribution >= 0.6 is 0 Å². The number of piperidine rings is 1. The van der Waals surface area contributed by atoms with Crippen LogP contribution in [0.4, 0.5) is 0 Å². The molecule has 2 aliphatic heterocycles. The van der Waals surface area contributed by atoms with Gasteiger partial charge in [-0.15, -0.1) is 10.2 Å². The highest BCUT2D eigenvalue weighted by Gasteiger charge is 2.27. The Morgan fingerprint density at radius 1 is 1.07 bits per heavy atom. The summed E-state index contributed by atoms with van der Waals surface area (Å²) in [4.78, 5) is 18.5. The summed E-state index contributed by atoms with van der Waals surface area (Å²) in [5.74, 6) is 1.49. The molecule has 8 heteroatoms. The first-order valence-corrected chi connectivity index (χ1v) is 10.9. The lowest BCUT2D eigenvalue weighted by Crippen LogP contribution is -2.45. The number of carbonyl (C=O) groups excluding carboxylic acids is 1. The summed E-state index contributed by atoms with van der Waals surface area (Å²) in [5.41, 5.74) is 2.64. The molecule has 0 radical (unpaired) electrons. The molecule has 0 saturated carbocycles. The van der Waals surface area contributed by atoms with Crippen molar-refractivity contribution in [2.75, 3.05) is 19.6 Å². The van der Waals surface area contributed by atoms with Crippen molar-refractivity contribution in [1.82, 2.24) is 35.0 Å². The smallest absolute Gasteiger partial charge is 0.220 e. The number of likely N-dealkylation sites (tertiary alicyclic amines) is 1. The Morgan fingerprint density at radius 2 is 1.97 bits per heavy atom. The highest BCUT2D eigenvalue weighted by Crippen LogP contribution is 2.28. The number of hydrogen-bond acceptors (Lipinski definition) is 6. The molecule has 5 rings (SSSR count). The van der Waals surface area contributed by atoms with Gasteiger partial charge in [0.15, 0.2) is 11.5 Å². The zero-order valence-electron chi connectivity index (χ0n) is 17.1. The molecule has 1 amide bonds. The zero-order valence-corrected chi connectivity index (χ0v) is 17.1. The van der Waals surface area contributed by atoms with Gasteiger partial charge in [0.1, 0.15) is 0 Å². The Kier molecular flexibility index (Phi) is 5.40. The lowest BCUT2D eigenvalue weighted by Gasteiger charge is -2.33. The van der Waals surface area contributed by atoms with E-state index in [1.807, 2.05) is 35.0 Å². The first-order valence-electron chi connectivity index (χ1n) is 10.9. The van der Waals surface area contributed by atoms with Crippen LogP contribution in [0.2, 0.25) is 0 Å². The van der Waals surface area contributed by atoms with Gasteiger partial charge < -0.3 is 10.2 Å². The van der Waals surface area contributed by atoms with Crippen LogP contribution in [0.25, 0.3) is 16.9 Å². The van der Waals surface area contributed by atoms with Gasteiger partial charge in [-0.3, -0.25) is 9.78 Å². The molecule has 3 aromatic heterocycles. The molecule has 1 N–H and O–H groups in total. The maximum absolute atomic E-state index is 11.8. The average Bonchev–Trinajstić information content (AvgIpc) is 3.10. The average molecular weight is 406 g/mol. The minimum Gasteiger partial charge on any atom is -0.352 e. The summed E-state index contributed by atoms with van der Waals surface area (Å²) in [6, 6.07) is 8.15. The van der Waals surface area contributed by atoms with Crippen molar-refractivity contribution in [3.8, 4) is 11.3 Å². The minimum atomic E-state index is 0.206. The van der Waals surface area contributed by atoms with Gasteiger partial charge in [0.25, 0.3) is 0 Å². The van der Waals surface area contributed by atoms with Crippen molar-refractivity contribution in [3.05, 3.63) is 42.5 Å². The number of amides is 1. The van der Waals surface area contributed by atoms with Gasteiger partial charge in [-0.05, 0) is 63.0 Å². The van der Waals surface area contributed by atoms with Gasteiger partial charge >= 0.3 is 0 Å². The molecular formula is C22H27N7O.